The van der Waals surface area contributed by atoms with Crippen molar-refractivity contribution < 1.29 is 27.8 Å². The van der Waals surface area contributed by atoms with Gasteiger partial charge in [-0.15, -0.1) is 13.2 Å². The lowest BCUT2D eigenvalue weighted by atomic mass is 10.1. The summed E-state index contributed by atoms with van der Waals surface area (Å²) in [6.07, 6.45) is -2.46. The van der Waals surface area contributed by atoms with Crippen molar-refractivity contribution in [3.05, 3.63) is 46.6 Å². The number of ether oxygens (including phenoxy) is 1. The standard InChI is InChI=1S/C18H17BrF3N3O3/c19-15-7-12(8-23-16(15)25-6-5-11(9-25)10-26)17(27)24-13-1-3-14(4-2-13)28-18(20,21)22/h1-4,7-8,11,26H,5-6,9-10H2,(H,24,27). The fraction of sp³-hybridized carbons (Fsp3) is 0.333. The van der Waals surface area contributed by atoms with Crippen LogP contribution >= 0.6 is 15.9 Å². The van der Waals surface area contributed by atoms with E-state index in [9.17, 15) is 23.1 Å². The van der Waals surface area contributed by atoms with E-state index >= 15 is 0 Å². The van der Waals surface area contributed by atoms with E-state index < -0.39 is 12.3 Å². The van der Waals surface area contributed by atoms with E-state index in [0.29, 0.717) is 28.1 Å². The van der Waals surface area contributed by atoms with Crippen molar-refractivity contribution in [2.75, 3.05) is 29.9 Å². The van der Waals surface area contributed by atoms with Gasteiger partial charge in [0, 0.05) is 37.5 Å². The van der Waals surface area contributed by atoms with Crippen LogP contribution in [0.25, 0.3) is 0 Å². The molecule has 1 aromatic carbocycles. The second-order valence-corrected chi connectivity index (χ2v) is 7.19. The molecule has 2 N–H and O–H groups in total. The number of aliphatic hydroxyl groups excluding tert-OH is 1. The van der Waals surface area contributed by atoms with E-state index in [4.69, 9.17) is 0 Å². The van der Waals surface area contributed by atoms with Crippen LogP contribution in [0.5, 0.6) is 5.75 Å². The second-order valence-electron chi connectivity index (χ2n) is 6.34. The summed E-state index contributed by atoms with van der Waals surface area (Å²) in [6, 6.07) is 6.49. The van der Waals surface area contributed by atoms with Gasteiger partial charge in [0.05, 0.1) is 10.0 Å². The van der Waals surface area contributed by atoms with E-state index in [2.05, 4.69) is 31.0 Å². The van der Waals surface area contributed by atoms with Crippen LogP contribution in [-0.4, -0.2) is 42.1 Å². The van der Waals surface area contributed by atoms with E-state index in [0.717, 1.165) is 25.1 Å². The molecule has 0 spiro atoms. The normalized spacial score (nSPS) is 16.9. The molecule has 1 fully saturated rings. The zero-order valence-electron chi connectivity index (χ0n) is 14.5. The van der Waals surface area contributed by atoms with E-state index in [1.54, 1.807) is 6.07 Å². The van der Waals surface area contributed by atoms with Gasteiger partial charge >= 0.3 is 6.36 Å². The number of carbonyl (C=O) groups excluding carboxylic acids is 1. The smallest absolute Gasteiger partial charge is 0.406 e. The highest BCUT2D eigenvalue weighted by Crippen LogP contribution is 2.30. The molecule has 1 saturated heterocycles. The summed E-state index contributed by atoms with van der Waals surface area (Å²) in [4.78, 5) is 18.8. The Morgan fingerprint density at radius 2 is 2.07 bits per heavy atom. The number of anilines is 2. The van der Waals surface area contributed by atoms with Crippen molar-refractivity contribution in [3.63, 3.8) is 0 Å². The Kier molecular flexibility index (Phi) is 6.09. The zero-order chi connectivity index (χ0) is 20.3. The minimum absolute atomic E-state index is 0.126. The second kappa shape index (κ2) is 8.36. The van der Waals surface area contributed by atoms with Crippen molar-refractivity contribution in [2.45, 2.75) is 12.8 Å². The molecule has 1 aliphatic rings. The summed E-state index contributed by atoms with van der Waals surface area (Å²) in [7, 11) is 0. The third-order valence-electron chi connectivity index (χ3n) is 4.27. The van der Waals surface area contributed by atoms with E-state index in [1.165, 1.54) is 18.3 Å². The molecule has 0 radical (unpaired) electrons. The van der Waals surface area contributed by atoms with Gasteiger partial charge in [-0.05, 0) is 52.7 Å². The Hall–Kier alpha value is -2.33. The first-order chi connectivity index (χ1) is 13.2. The zero-order valence-corrected chi connectivity index (χ0v) is 16.1. The molecule has 1 unspecified atom stereocenters. The van der Waals surface area contributed by atoms with Gasteiger partial charge in [-0.3, -0.25) is 4.79 Å². The van der Waals surface area contributed by atoms with Crippen molar-refractivity contribution in [1.29, 1.82) is 0 Å². The van der Waals surface area contributed by atoms with Crippen LogP contribution < -0.4 is 15.0 Å². The van der Waals surface area contributed by atoms with Crippen LogP contribution in [0.15, 0.2) is 41.0 Å². The third kappa shape index (κ3) is 5.14. The van der Waals surface area contributed by atoms with Crippen LogP contribution in [0, 0.1) is 5.92 Å². The lowest BCUT2D eigenvalue weighted by molar-refractivity contribution is -0.274. The average molecular weight is 460 g/mol. The Bertz CT molecular complexity index is 846. The molecule has 0 aliphatic carbocycles. The number of benzene rings is 1. The van der Waals surface area contributed by atoms with Crippen molar-refractivity contribution in [2.24, 2.45) is 5.92 Å². The minimum Gasteiger partial charge on any atom is -0.406 e. The number of aliphatic hydroxyl groups is 1. The van der Waals surface area contributed by atoms with Crippen molar-refractivity contribution in [3.8, 4) is 5.75 Å². The molecule has 1 aromatic heterocycles. The Labute approximate surface area is 167 Å². The number of aromatic nitrogens is 1. The molecule has 0 saturated carbocycles. The largest absolute Gasteiger partial charge is 0.573 e. The highest BCUT2D eigenvalue weighted by atomic mass is 79.9. The monoisotopic (exact) mass is 459 g/mol. The fourth-order valence-corrected chi connectivity index (χ4v) is 3.50. The molecule has 0 bridgehead atoms. The Morgan fingerprint density at radius 1 is 1.36 bits per heavy atom. The van der Waals surface area contributed by atoms with Crippen LogP contribution in [-0.2, 0) is 0 Å². The van der Waals surface area contributed by atoms with Gasteiger partial charge in [-0.25, -0.2) is 4.98 Å². The van der Waals surface area contributed by atoms with Crippen molar-refractivity contribution in [1.82, 2.24) is 4.98 Å². The summed E-state index contributed by atoms with van der Waals surface area (Å²) < 4.78 is 41.0. The molecular formula is C18H17BrF3N3O3. The molecule has 2 heterocycles. The maximum Gasteiger partial charge on any atom is 0.573 e. The lowest BCUT2D eigenvalue weighted by Gasteiger charge is -2.19. The number of amides is 1. The molecule has 1 aliphatic heterocycles. The SMILES string of the molecule is O=C(Nc1ccc(OC(F)(F)F)cc1)c1cnc(N2CCC(CO)C2)c(Br)c1. The summed E-state index contributed by atoms with van der Waals surface area (Å²) in [5.74, 6) is 0.0899. The molecule has 28 heavy (non-hydrogen) atoms. The summed E-state index contributed by atoms with van der Waals surface area (Å²) in [5, 5.41) is 11.9. The first-order valence-corrected chi connectivity index (χ1v) is 9.23. The maximum absolute atomic E-state index is 12.4. The number of halogens is 4. The quantitative estimate of drug-likeness (QED) is 0.710. The number of nitrogens with one attached hydrogen (secondary N) is 1. The van der Waals surface area contributed by atoms with Gasteiger partial charge in [0.15, 0.2) is 0 Å². The Morgan fingerprint density at radius 3 is 2.64 bits per heavy atom. The van der Waals surface area contributed by atoms with Gasteiger partial charge in [-0.1, -0.05) is 0 Å². The van der Waals surface area contributed by atoms with Crippen LogP contribution in [0.4, 0.5) is 24.7 Å². The highest BCUT2D eigenvalue weighted by Gasteiger charge is 2.31. The molecule has 6 nitrogen and oxygen atoms in total. The lowest BCUT2D eigenvalue weighted by Crippen LogP contribution is -2.22. The molecule has 1 atom stereocenters. The van der Waals surface area contributed by atoms with E-state index in [-0.39, 0.29) is 18.3 Å². The fourth-order valence-electron chi connectivity index (χ4n) is 2.90. The first kappa shape index (κ1) is 20.4. The van der Waals surface area contributed by atoms with Crippen LogP contribution in [0.1, 0.15) is 16.8 Å². The van der Waals surface area contributed by atoms with Crippen LogP contribution in [0.2, 0.25) is 0 Å². The summed E-state index contributed by atoms with van der Waals surface area (Å²) in [5.41, 5.74) is 0.620. The first-order valence-electron chi connectivity index (χ1n) is 8.43. The highest BCUT2D eigenvalue weighted by molar-refractivity contribution is 9.10. The third-order valence-corrected chi connectivity index (χ3v) is 4.86. The molecule has 10 heteroatoms. The number of alkyl halides is 3. The molecule has 150 valence electrons. The molecule has 1 amide bonds. The number of hydrogen-bond acceptors (Lipinski definition) is 5. The minimum atomic E-state index is -4.77. The number of carbonyl (C=O) groups is 1. The van der Waals surface area contributed by atoms with Gasteiger partial charge in [0.1, 0.15) is 11.6 Å². The molecule has 2 aromatic rings. The molecule has 3 rings (SSSR count). The number of nitrogens with zero attached hydrogens (tertiary/aromatic N) is 2. The Balaban J connectivity index is 1.65. The number of rotatable bonds is 5. The number of hydrogen-bond donors (Lipinski definition) is 2. The van der Waals surface area contributed by atoms with Crippen molar-refractivity contribution >= 4 is 33.3 Å². The maximum atomic E-state index is 12.4. The molecular weight excluding hydrogens is 443 g/mol. The predicted molar refractivity (Wildman–Crippen MR) is 100 cm³/mol. The van der Waals surface area contributed by atoms with Gasteiger partial charge in [0.25, 0.3) is 5.91 Å². The average Bonchev–Trinajstić information content (AvgIpc) is 3.11. The topological polar surface area (TPSA) is 74.7 Å². The number of pyridine rings is 1. The summed E-state index contributed by atoms with van der Waals surface area (Å²) >= 11 is 3.42. The predicted octanol–water partition coefficient (Wildman–Crippen LogP) is 3.81. The van der Waals surface area contributed by atoms with Crippen LogP contribution in [0.3, 0.4) is 0 Å². The van der Waals surface area contributed by atoms with Gasteiger partial charge in [0.2, 0.25) is 0 Å². The van der Waals surface area contributed by atoms with Gasteiger partial charge in [-0.2, -0.15) is 0 Å². The van der Waals surface area contributed by atoms with E-state index in [1.807, 2.05) is 4.90 Å². The van der Waals surface area contributed by atoms with Gasteiger partial charge < -0.3 is 20.1 Å². The summed E-state index contributed by atoms with van der Waals surface area (Å²) in [6.45, 7) is 1.59.